The van der Waals surface area contributed by atoms with E-state index in [1.54, 1.807) is 11.8 Å². The van der Waals surface area contributed by atoms with Crippen molar-refractivity contribution in [3.8, 4) is 0 Å². The van der Waals surface area contributed by atoms with Crippen LogP contribution >= 0.6 is 11.8 Å². The largest absolute Gasteiger partial charge is 0.748 e. The smallest absolute Gasteiger partial charge is 0.212 e. The second-order valence-electron chi connectivity index (χ2n) is 7.23. The number of rotatable bonds is 7. The van der Waals surface area contributed by atoms with Crippen molar-refractivity contribution in [2.75, 3.05) is 17.2 Å². The van der Waals surface area contributed by atoms with E-state index in [2.05, 4.69) is 64.9 Å². The maximum Gasteiger partial charge on any atom is 0.212 e. The molecule has 156 valence electrons. The Balaban J connectivity index is 1.66. The predicted octanol–water partition coefficient (Wildman–Crippen LogP) is 4.38. The third-order valence-corrected chi connectivity index (χ3v) is 7.12. The second kappa shape index (κ2) is 8.79. The van der Waals surface area contributed by atoms with Crippen molar-refractivity contribution in [2.24, 2.45) is 0 Å². The van der Waals surface area contributed by atoms with Gasteiger partial charge in [-0.2, -0.15) is 4.57 Å². The van der Waals surface area contributed by atoms with Gasteiger partial charge in [0, 0.05) is 40.8 Å². The summed E-state index contributed by atoms with van der Waals surface area (Å²) < 4.78 is 35.1. The Morgan fingerprint density at radius 1 is 1.03 bits per heavy atom. The first-order valence-corrected chi connectivity index (χ1v) is 12.5. The number of pyridine rings is 1. The van der Waals surface area contributed by atoms with E-state index >= 15 is 0 Å². The van der Waals surface area contributed by atoms with E-state index in [0.717, 1.165) is 23.0 Å². The highest BCUT2D eigenvalue weighted by molar-refractivity contribution is 8.03. The Bertz CT molecular complexity index is 1210. The van der Waals surface area contributed by atoms with Gasteiger partial charge >= 0.3 is 0 Å². The van der Waals surface area contributed by atoms with Gasteiger partial charge in [0.2, 0.25) is 11.2 Å². The van der Waals surface area contributed by atoms with Crippen molar-refractivity contribution in [1.82, 2.24) is 0 Å². The van der Waals surface area contributed by atoms with Crippen LogP contribution < -0.4 is 9.47 Å². The summed E-state index contributed by atoms with van der Waals surface area (Å²) in [6.45, 7) is 3.68. The first kappa shape index (κ1) is 20.9. The molecule has 7 heteroatoms. The Kier molecular flexibility index (Phi) is 6.13. The summed E-state index contributed by atoms with van der Waals surface area (Å²) in [5.74, 6) is -0.310. The summed E-state index contributed by atoms with van der Waals surface area (Å²) in [5.41, 5.74) is 3.45. The highest BCUT2D eigenvalue weighted by Gasteiger charge is 2.26. The van der Waals surface area contributed by atoms with E-state index in [0.29, 0.717) is 19.4 Å². The molecule has 0 saturated carbocycles. The first-order chi connectivity index (χ1) is 14.5. The van der Waals surface area contributed by atoms with Gasteiger partial charge in [0.05, 0.1) is 20.8 Å². The number of para-hydroxylation sites is 2. The first-order valence-electron chi connectivity index (χ1n) is 10.1. The molecule has 2 heterocycles. The number of aromatic nitrogens is 1. The number of anilines is 1. The number of hydrogen-bond donors (Lipinski definition) is 0. The fourth-order valence-electron chi connectivity index (χ4n) is 3.82. The lowest BCUT2D eigenvalue weighted by molar-refractivity contribution is -0.669. The molecule has 0 aliphatic carbocycles. The van der Waals surface area contributed by atoms with Crippen molar-refractivity contribution in [3.05, 3.63) is 71.4 Å². The molecule has 5 nitrogen and oxygen atoms in total. The fourth-order valence-corrected chi connectivity index (χ4v) is 5.52. The Morgan fingerprint density at radius 3 is 2.60 bits per heavy atom. The monoisotopic (exact) mass is 440 g/mol. The van der Waals surface area contributed by atoms with Crippen LogP contribution in [-0.2, 0) is 16.7 Å². The molecule has 0 fully saturated rings. The molecule has 2 aromatic carbocycles. The summed E-state index contributed by atoms with van der Waals surface area (Å²) in [4.78, 5) is 3.41. The van der Waals surface area contributed by atoms with E-state index < -0.39 is 10.1 Å². The van der Waals surface area contributed by atoms with Crippen molar-refractivity contribution >= 4 is 44.5 Å². The standard InChI is InChI=1S/C23H24N2O3S2/c1-2-24-19(14-13-18-9-3-4-10-20(18)24)17-23-25(15-7-8-16-30(26,27)28)21-11-5-6-12-22(21)29-23/h3-6,9-14,17H,2,7-8,15-16H2,1H3. The van der Waals surface area contributed by atoms with Gasteiger partial charge in [-0.1, -0.05) is 36.0 Å². The van der Waals surface area contributed by atoms with E-state index in [9.17, 15) is 13.0 Å². The zero-order valence-electron chi connectivity index (χ0n) is 16.8. The van der Waals surface area contributed by atoms with Crippen LogP contribution in [0.5, 0.6) is 0 Å². The third-order valence-electron chi connectivity index (χ3n) is 5.22. The Labute approximate surface area is 181 Å². The van der Waals surface area contributed by atoms with Gasteiger partial charge < -0.3 is 9.45 Å². The molecule has 0 saturated heterocycles. The van der Waals surface area contributed by atoms with Crippen molar-refractivity contribution in [2.45, 2.75) is 31.2 Å². The van der Waals surface area contributed by atoms with Crippen molar-refractivity contribution < 1.29 is 17.5 Å². The summed E-state index contributed by atoms with van der Waals surface area (Å²) in [6, 6.07) is 20.9. The number of benzene rings is 2. The molecular weight excluding hydrogens is 416 g/mol. The van der Waals surface area contributed by atoms with E-state index in [1.807, 2.05) is 18.2 Å². The van der Waals surface area contributed by atoms with Crippen LogP contribution in [0.25, 0.3) is 17.0 Å². The van der Waals surface area contributed by atoms with Crippen LogP contribution in [0.1, 0.15) is 25.5 Å². The van der Waals surface area contributed by atoms with Crippen LogP contribution in [0.3, 0.4) is 0 Å². The molecule has 0 atom stereocenters. The molecule has 4 rings (SSSR count). The number of unbranched alkanes of at least 4 members (excludes halogenated alkanes) is 1. The molecule has 0 unspecified atom stereocenters. The van der Waals surface area contributed by atoms with Gasteiger partial charge in [-0.05, 0) is 44.0 Å². The fraction of sp³-hybridized carbons (Fsp3) is 0.261. The topological polar surface area (TPSA) is 64.3 Å². The Morgan fingerprint density at radius 2 is 1.80 bits per heavy atom. The van der Waals surface area contributed by atoms with Crippen LogP contribution in [0.2, 0.25) is 0 Å². The highest BCUT2D eigenvalue weighted by atomic mass is 32.2. The SMILES string of the molecule is CC[n+]1c(/C=C2\Sc3ccccc3N2CCCCS(=O)(=O)[O-])ccc2ccccc21. The van der Waals surface area contributed by atoms with Gasteiger partial charge in [-0.15, -0.1) is 0 Å². The van der Waals surface area contributed by atoms with Crippen molar-refractivity contribution in [3.63, 3.8) is 0 Å². The molecule has 0 amide bonds. The molecule has 0 N–H and O–H groups in total. The summed E-state index contributed by atoms with van der Waals surface area (Å²) >= 11 is 1.72. The quantitative estimate of drug-likeness (QED) is 0.310. The average Bonchev–Trinajstić information content (AvgIpc) is 3.07. The number of aryl methyl sites for hydroxylation is 1. The minimum atomic E-state index is -4.16. The number of fused-ring (bicyclic) bond motifs is 2. The van der Waals surface area contributed by atoms with E-state index in [4.69, 9.17) is 0 Å². The van der Waals surface area contributed by atoms with Crippen LogP contribution in [-0.4, -0.2) is 25.3 Å². The van der Waals surface area contributed by atoms with E-state index in [1.165, 1.54) is 15.8 Å². The lowest BCUT2D eigenvalue weighted by Crippen LogP contribution is -2.37. The maximum absolute atomic E-state index is 10.9. The normalized spacial score (nSPS) is 15.1. The number of nitrogens with zero attached hydrogens (tertiary/aromatic N) is 2. The molecule has 0 spiro atoms. The Hall–Kier alpha value is -2.35. The van der Waals surface area contributed by atoms with Crippen molar-refractivity contribution in [1.29, 1.82) is 0 Å². The second-order valence-corrected chi connectivity index (χ2v) is 9.82. The third kappa shape index (κ3) is 4.53. The minimum Gasteiger partial charge on any atom is -0.748 e. The molecule has 1 aromatic heterocycles. The minimum absolute atomic E-state index is 0.310. The zero-order chi connectivity index (χ0) is 21.1. The molecular formula is C23H24N2O3S2. The lowest BCUT2D eigenvalue weighted by Gasteiger charge is -2.20. The van der Waals surface area contributed by atoms with E-state index in [-0.39, 0.29) is 5.75 Å². The molecule has 0 radical (unpaired) electrons. The maximum atomic E-state index is 10.9. The van der Waals surface area contributed by atoms with Crippen LogP contribution in [0.4, 0.5) is 5.69 Å². The van der Waals surface area contributed by atoms with Gasteiger partial charge in [-0.25, -0.2) is 8.42 Å². The van der Waals surface area contributed by atoms with Gasteiger partial charge in [0.15, 0.2) is 0 Å². The number of thioether (sulfide) groups is 1. The molecule has 1 aliphatic heterocycles. The molecule has 30 heavy (non-hydrogen) atoms. The summed E-state index contributed by atoms with van der Waals surface area (Å²) in [7, 11) is -4.16. The van der Waals surface area contributed by atoms with Crippen LogP contribution in [0, 0.1) is 0 Å². The summed E-state index contributed by atoms with van der Waals surface area (Å²) in [5, 5.41) is 2.32. The summed E-state index contributed by atoms with van der Waals surface area (Å²) in [6.07, 6.45) is 3.21. The predicted molar refractivity (Wildman–Crippen MR) is 121 cm³/mol. The lowest BCUT2D eigenvalue weighted by atomic mass is 10.2. The zero-order valence-corrected chi connectivity index (χ0v) is 18.5. The molecule has 3 aromatic rings. The van der Waals surface area contributed by atoms with Gasteiger partial charge in [0.25, 0.3) is 0 Å². The number of hydrogen-bond acceptors (Lipinski definition) is 5. The highest BCUT2D eigenvalue weighted by Crippen LogP contribution is 2.46. The molecule has 0 bridgehead atoms. The van der Waals surface area contributed by atoms with Gasteiger partial charge in [0.1, 0.15) is 6.54 Å². The molecule has 1 aliphatic rings. The van der Waals surface area contributed by atoms with Gasteiger partial charge in [-0.3, -0.25) is 0 Å². The van der Waals surface area contributed by atoms with Crippen LogP contribution in [0.15, 0.2) is 70.6 Å². The average molecular weight is 441 g/mol.